The van der Waals surface area contributed by atoms with Crippen molar-refractivity contribution in [1.82, 2.24) is 30.8 Å². The van der Waals surface area contributed by atoms with E-state index in [2.05, 4.69) is 25.9 Å². The predicted octanol–water partition coefficient (Wildman–Crippen LogP) is -0.495. The van der Waals surface area contributed by atoms with E-state index in [0.29, 0.717) is 18.8 Å². The number of hydrogen-bond donors (Lipinski definition) is 2. The lowest BCUT2D eigenvalue weighted by molar-refractivity contribution is -0.128. The number of H-pyrrole nitrogens is 1. The fraction of sp³-hybridized carbons (Fsp3) is 0.750. The van der Waals surface area contributed by atoms with Crippen LogP contribution >= 0.6 is 0 Å². The molecule has 1 aromatic heterocycles. The van der Waals surface area contributed by atoms with Crippen molar-refractivity contribution >= 4 is 11.8 Å². The van der Waals surface area contributed by atoms with Crippen LogP contribution in [0.4, 0.5) is 0 Å². The monoisotopic (exact) mass is 280 g/mol. The lowest BCUT2D eigenvalue weighted by Gasteiger charge is -2.32. The van der Waals surface area contributed by atoms with Gasteiger partial charge in [0.1, 0.15) is 0 Å². The molecule has 0 bridgehead atoms. The Morgan fingerprint density at radius 2 is 2.30 bits per heavy atom. The van der Waals surface area contributed by atoms with Gasteiger partial charge in [-0.05, 0) is 20.3 Å². The Morgan fingerprint density at radius 3 is 2.85 bits per heavy atom. The highest BCUT2D eigenvalue weighted by molar-refractivity contribution is 5.90. The van der Waals surface area contributed by atoms with Gasteiger partial charge < -0.3 is 10.2 Å². The second-order valence-corrected chi connectivity index (χ2v) is 5.59. The first-order valence-corrected chi connectivity index (χ1v) is 6.69. The van der Waals surface area contributed by atoms with Crippen molar-refractivity contribution < 1.29 is 9.59 Å². The molecule has 1 aromatic rings. The molecule has 1 unspecified atom stereocenters. The molecule has 2 heterocycles. The highest BCUT2D eigenvalue weighted by Gasteiger charge is 2.47. The number of nitrogens with zero attached hydrogens (tertiary/aromatic N) is 4. The van der Waals surface area contributed by atoms with E-state index in [9.17, 15) is 9.59 Å². The minimum Gasteiger partial charge on any atom is -0.356 e. The molecule has 0 saturated carbocycles. The van der Waals surface area contributed by atoms with Gasteiger partial charge in [0, 0.05) is 32.0 Å². The van der Waals surface area contributed by atoms with Gasteiger partial charge in [-0.25, -0.2) is 0 Å². The topological polar surface area (TPSA) is 104 Å². The summed E-state index contributed by atoms with van der Waals surface area (Å²) < 4.78 is 0. The maximum Gasteiger partial charge on any atom is 0.225 e. The molecule has 20 heavy (non-hydrogen) atoms. The highest BCUT2D eigenvalue weighted by Crippen LogP contribution is 2.34. The van der Waals surface area contributed by atoms with E-state index in [1.54, 1.807) is 11.9 Å². The molecule has 1 aliphatic heterocycles. The van der Waals surface area contributed by atoms with E-state index in [-0.39, 0.29) is 24.2 Å². The second-order valence-electron chi connectivity index (χ2n) is 5.59. The molecule has 2 amide bonds. The largest absolute Gasteiger partial charge is 0.356 e. The van der Waals surface area contributed by atoms with Gasteiger partial charge in [-0.1, -0.05) is 5.21 Å². The molecule has 2 rings (SSSR count). The summed E-state index contributed by atoms with van der Waals surface area (Å²) in [6.45, 7) is 4.38. The zero-order chi connectivity index (χ0) is 14.8. The summed E-state index contributed by atoms with van der Waals surface area (Å²) >= 11 is 0. The fourth-order valence-corrected chi connectivity index (χ4v) is 2.40. The quantitative estimate of drug-likeness (QED) is 0.708. The number of aromatic amines is 1. The van der Waals surface area contributed by atoms with Crippen LogP contribution in [-0.2, 0) is 16.0 Å². The molecule has 8 nitrogen and oxygen atoms in total. The van der Waals surface area contributed by atoms with Gasteiger partial charge in [0.15, 0.2) is 5.82 Å². The van der Waals surface area contributed by atoms with Crippen LogP contribution in [0.25, 0.3) is 0 Å². The zero-order valence-corrected chi connectivity index (χ0v) is 12.0. The molecule has 1 saturated heterocycles. The van der Waals surface area contributed by atoms with Gasteiger partial charge in [0.25, 0.3) is 0 Å². The Labute approximate surface area is 117 Å². The Hall–Kier alpha value is -1.99. The summed E-state index contributed by atoms with van der Waals surface area (Å²) in [5.74, 6) is 0.281. The van der Waals surface area contributed by atoms with Gasteiger partial charge in [-0.2, -0.15) is 5.21 Å². The first-order chi connectivity index (χ1) is 9.43. The average molecular weight is 280 g/mol. The van der Waals surface area contributed by atoms with Gasteiger partial charge in [0.05, 0.1) is 5.92 Å². The summed E-state index contributed by atoms with van der Waals surface area (Å²) in [6.07, 6.45) is 1.67. The first-order valence-electron chi connectivity index (χ1n) is 6.69. The van der Waals surface area contributed by atoms with Crippen molar-refractivity contribution in [3.63, 3.8) is 0 Å². The van der Waals surface area contributed by atoms with E-state index in [0.717, 1.165) is 6.42 Å². The lowest BCUT2D eigenvalue weighted by atomic mass is 9.88. The normalized spacial score (nSPS) is 21.2. The molecule has 0 aromatic carbocycles. The number of likely N-dealkylation sites (tertiary alicyclic amines) is 1. The third kappa shape index (κ3) is 2.78. The number of carbonyl (C=O) groups excluding carboxylic acids is 2. The molecule has 2 N–H and O–H groups in total. The Balaban J connectivity index is 1.79. The number of aromatic nitrogens is 4. The first kappa shape index (κ1) is 14.4. The molecular weight excluding hydrogens is 260 g/mol. The van der Waals surface area contributed by atoms with Gasteiger partial charge in [0.2, 0.25) is 11.8 Å². The summed E-state index contributed by atoms with van der Waals surface area (Å²) in [6, 6.07) is 0. The summed E-state index contributed by atoms with van der Waals surface area (Å²) in [5, 5.41) is 16.4. The number of aryl methyl sites for hydroxylation is 1. The van der Waals surface area contributed by atoms with Crippen LogP contribution in [0.15, 0.2) is 0 Å². The number of tetrazole rings is 1. The zero-order valence-electron chi connectivity index (χ0n) is 12.0. The van der Waals surface area contributed by atoms with E-state index < -0.39 is 5.54 Å². The molecule has 1 atom stereocenters. The van der Waals surface area contributed by atoms with E-state index >= 15 is 0 Å². The minimum absolute atomic E-state index is 0.0157. The lowest BCUT2D eigenvalue weighted by Crippen LogP contribution is -2.47. The fourth-order valence-electron chi connectivity index (χ4n) is 2.40. The molecule has 0 radical (unpaired) electrons. The van der Waals surface area contributed by atoms with Gasteiger partial charge in [-0.15, -0.1) is 10.2 Å². The summed E-state index contributed by atoms with van der Waals surface area (Å²) in [5.41, 5.74) is -0.436. The molecule has 110 valence electrons. The predicted molar refractivity (Wildman–Crippen MR) is 70.5 cm³/mol. The minimum atomic E-state index is -0.436. The van der Waals surface area contributed by atoms with Crippen molar-refractivity contribution in [3.8, 4) is 0 Å². The van der Waals surface area contributed by atoms with Crippen LogP contribution in [0.2, 0.25) is 0 Å². The maximum atomic E-state index is 12.2. The number of nitrogens with one attached hydrogen (secondary N) is 2. The standard InChI is InChI=1S/C12H20N6O2/c1-12(2)8(7-10(19)18(12)3)11(20)13-6-4-5-9-14-16-17-15-9/h8H,4-7H2,1-3H3,(H,13,20)(H,14,15,16,17). The molecule has 1 fully saturated rings. The van der Waals surface area contributed by atoms with Crippen molar-refractivity contribution in [3.05, 3.63) is 5.82 Å². The van der Waals surface area contributed by atoms with Crippen LogP contribution in [-0.4, -0.2) is 56.5 Å². The number of carbonyl (C=O) groups is 2. The van der Waals surface area contributed by atoms with Crippen LogP contribution in [0.1, 0.15) is 32.5 Å². The third-order valence-electron chi connectivity index (χ3n) is 4.05. The summed E-state index contributed by atoms with van der Waals surface area (Å²) in [7, 11) is 1.74. The highest BCUT2D eigenvalue weighted by atomic mass is 16.2. The van der Waals surface area contributed by atoms with Crippen LogP contribution in [0, 0.1) is 5.92 Å². The smallest absolute Gasteiger partial charge is 0.225 e. The maximum absolute atomic E-state index is 12.2. The molecular formula is C12H20N6O2. The average Bonchev–Trinajstić information content (AvgIpc) is 2.98. The second kappa shape index (κ2) is 5.56. The van der Waals surface area contributed by atoms with E-state index in [1.807, 2.05) is 13.8 Å². The Bertz CT molecular complexity index is 484. The van der Waals surface area contributed by atoms with Gasteiger partial charge >= 0.3 is 0 Å². The number of amides is 2. The third-order valence-corrected chi connectivity index (χ3v) is 4.05. The molecule has 0 spiro atoms. The SMILES string of the molecule is CN1C(=O)CC(C(=O)NCCCc2nn[nH]n2)C1(C)C. The van der Waals surface area contributed by atoms with Crippen molar-refractivity contribution in [2.45, 2.75) is 38.6 Å². The Morgan fingerprint density at radius 1 is 1.55 bits per heavy atom. The van der Waals surface area contributed by atoms with E-state index in [4.69, 9.17) is 0 Å². The number of hydrogen-bond acceptors (Lipinski definition) is 5. The Kier molecular flexibility index (Phi) is 4.01. The van der Waals surface area contributed by atoms with Crippen LogP contribution in [0.5, 0.6) is 0 Å². The van der Waals surface area contributed by atoms with E-state index in [1.165, 1.54) is 0 Å². The van der Waals surface area contributed by atoms with Crippen LogP contribution in [0.3, 0.4) is 0 Å². The van der Waals surface area contributed by atoms with Crippen LogP contribution < -0.4 is 5.32 Å². The van der Waals surface area contributed by atoms with Gasteiger partial charge in [-0.3, -0.25) is 9.59 Å². The summed E-state index contributed by atoms with van der Waals surface area (Å²) in [4.78, 5) is 25.5. The molecule has 1 aliphatic rings. The molecule has 0 aliphatic carbocycles. The van der Waals surface area contributed by atoms with Crippen molar-refractivity contribution in [2.75, 3.05) is 13.6 Å². The van der Waals surface area contributed by atoms with Crippen molar-refractivity contribution in [2.24, 2.45) is 5.92 Å². The molecule has 8 heteroatoms. The van der Waals surface area contributed by atoms with Crippen molar-refractivity contribution in [1.29, 1.82) is 0 Å². The number of rotatable bonds is 5.